The van der Waals surface area contributed by atoms with Crippen LogP contribution in [0.2, 0.25) is 0 Å². The molecule has 0 aliphatic heterocycles. The SMILES string of the molecule is COc1c(O)cccc1OC(F)F. The number of rotatable bonds is 3. The number of hydrogen-bond donors (Lipinski definition) is 1. The third-order valence-corrected chi connectivity index (χ3v) is 1.38. The van der Waals surface area contributed by atoms with Crippen molar-refractivity contribution < 1.29 is 23.4 Å². The van der Waals surface area contributed by atoms with E-state index in [0.717, 1.165) is 0 Å². The van der Waals surface area contributed by atoms with Crippen molar-refractivity contribution in [3.8, 4) is 17.2 Å². The standard InChI is InChI=1S/C8H8F2O3/c1-12-7-5(11)3-2-4-6(7)13-8(9)10/h2-4,8,11H,1H3. The molecule has 0 saturated carbocycles. The molecule has 0 unspecified atom stereocenters. The molecule has 0 aliphatic carbocycles. The molecule has 0 aromatic heterocycles. The van der Waals surface area contributed by atoms with Crippen molar-refractivity contribution in [1.82, 2.24) is 0 Å². The summed E-state index contributed by atoms with van der Waals surface area (Å²) in [7, 11) is 1.26. The second-order valence-corrected chi connectivity index (χ2v) is 2.19. The lowest BCUT2D eigenvalue weighted by Gasteiger charge is -2.09. The largest absolute Gasteiger partial charge is 0.504 e. The van der Waals surface area contributed by atoms with Gasteiger partial charge in [0.05, 0.1) is 7.11 Å². The third kappa shape index (κ3) is 2.21. The highest BCUT2D eigenvalue weighted by Gasteiger charge is 2.12. The molecular formula is C8H8F2O3. The maximum absolute atomic E-state index is 11.8. The van der Waals surface area contributed by atoms with Gasteiger partial charge in [-0.05, 0) is 12.1 Å². The van der Waals surface area contributed by atoms with Crippen molar-refractivity contribution in [2.45, 2.75) is 6.61 Å². The average molecular weight is 190 g/mol. The zero-order valence-corrected chi connectivity index (χ0v) is 6.83. The predicted molar refractivity (Wildman–Crippen MR) is 41.3 cm³/mol. The molecular weight excluding hydrogens is 182 g/mol. The first kappa shape index (κ1) is 9.57. The van der Waals surface area contributed by atoms with Crippen LogP contribution in [0.5, 0.6) is 17.2 Å². The highest BCUT2D eigenvalue weighted by Crippen LogP contribution is 2.36. The third-order valence-electron chi connectivity index (χ3n) is 1.38. The zero-order valence-electron chi connectivity index (χ0n) is 6.83. The number of methoxy groups -OCH3 is 1. The molecule has 1 aromatic rings. The number of halogens is 2. The summed E-state index contributed by atoms with van der Waals surface area (Å²) >= 11 is 0. The van der Waals surface area contributed by atoms with Crippen molar-refractivity contribution in [3.05, 3.63) is 18.2 Å². The first-order valence-corrected chi connectivity index (χ1v) is 3.46. The van der Waals surface area contributed by atoms with Crippen LogP contribution in [0.4, 0.5) is 8.78 Å². The van der Waals surface area contributed by atoms with Crippen molar-refractivity contribution in [2.75, 3.05) is 7.11 Å². The van der Waals surface area contributed by atoms with E-state index < -0.39 is 6.61 Å². The van der Waals surface area contributed by atoms with E-state index in [1.54, 1.807) is 0 Å². The monoisotopic (exact) mass is 190 g/mol. The Morgan fingerprint density at radius 2 is 2.08 bits per heavy atom. The molecule has 0 spiro atoms. The van der Waals surface area contributed by atoms with E-state index in [1.165, 1.54) is 25.3 Å². The molecule has 3 nitrogen and oxygen atoms in total. The molecule has 0 fully saturated rings. The van der Waals surface area contributed by atoms with E-state index in [2.05, 4.69) is 9.47 Å². The van der Waals surface area contributed by atoms with Gasteiger partial charge >= 0.3 is 6.61 Å². The van der Waals surface area contributed by atoms with E-state index in [0.29, 0.717) is 0 Å². The lowest BCUT2D eigenvalue weighted by atomic mass is 10.3. The summed E-state index contributed by atoms with van der Waals surface area (Å²) < 4.78 is 32.4. The topological polar surface area (TPSA) is 38.7 Å². The summed E-state index contributed by atoms with van der Waals surface area (Å²) in [6.45, 7) is -2.93. The number of hydrogen-bond acceptors (Lipinski definition) is 3. The Morgan fingerprint density at radius 1 is 1.38 bits per heavy atom. The van der Waals surface area contributed by atoms with Crippen LogP contribution < -0.4 is 9.47 Å². The molecule has 0 saturated heterocycles. The number of alkyl halides is 2. The summed E-state index contributed by atoms with van der Waals surface area (Å²) in [4.78, 5) is 0. The van der Waals surface area contributed by atoms with Crippen molar-refractivity contribution in [2.24, 2.45) is 0 Å². The molecule has 5 heteroatoms. The molecule has 1 N–H and O–H groups in total. The normalized spacial score (nSPS) is 10.2. The Balaban J connectivity index is 2.98. The summed E-state index contributed by atoms with van der Waals surface area (Å²) in [5.41, 5.74) is 0. The second kappa shape index (κ2) is 3.93. The highest BCUT2D eigenvalue weighted by molar-refractivity contribution is 5.50. The first-order chi connectivity index (χ1) is 6.15. The van der Waals surface area contributed by atoms with Gasteiger partial charge in [0.1, 0.15) is 0 Å². The van der Waals surface area contributed by atoms with Crippen LogP contribution in [0.3, 0.4) is 0 Å². The van der Waals surface area contributed by atoms with E-state index in [4.69, 9.17) is 5.11 Å². The minimum atomic E-state index is -2.93. The maximum atomic E-state index is 11.8. The van der Waals surface area contributed by atoms with Crippen LogP contribution in [0, 0.1) is 0 Å². The number of para-hydroxylation sites is 1. The molecule has 0 bridgehead atoms. The Labute approximate surface area is 73.5 Å². The van der Waals surface area contributed by atoms with Gasteiger partial charge in [-0.2, -0.15) is 8.78 Å². The fourth-order valence-electron chi connectivity index (χ4n) is 0.898. The van der Waals surface area contributed by atoms with E-state index in [-0.39, 0.29) is 17.2 Å². The van der Waals surface area contributed by atoms with Gasteiger partial charge in [-0.25, -0.2) is 0 Å². The van der Waals surface area contributed by atoms with Gasteiger partial charge in [0, 0.05) is 0 Å². The number of aromatic hydroxyl groups is 1. The smallest absolute Gasteiger partial charge is 0.387 e. The minimum Gasteiger partial charge on any atom is -0.504 e. The minimum absolute atomic E-state index is 0.0946. The summed E-state index contributed by atoms with van der Waals surface area (Å²) in [5.74, 6) is -0.513. The van der Waals surface area contributed by atoms with Crippen molar-refractivity contribution >= 4 is 0 Å². The number of phenols is 1. The molecule has 0 atom stereocenters. The van der Waals surface area contributed by atoms with Crippen molar-refractivity contribution in [3.63, 3.8) is 0 Å². The molecule has 0 radical (unpaired) electrons. The fraction of sp³-hybridized carbons (Fsp3) is 0.250. The Hall–Kier alpha value is -1.52. The van der Waals surface area contributed by atoms with Gasteiger partial charge in [0.25, 0.3) is 0 Å². The molecule has 0 amide bonds. The first-order valence-electron chi connectivity index (χ1n) is 3.46. The Kier molecular flexibility index (Phi) is 2.89. The molecule has 1 rings (SSSR count). The van der Waals surface area contributed by atoms with Gasteiger partial charge in [0.15, 0.2) is 11.5 Å². The van der Waals surface area contributed by atoms with E-state index in [1.807, 2.05) is 0 Å². The van der Waals surface area contributed by atoms with Gasteiger partial charge in [-0.3, -0.25) is 0 Å². The average Bonchev–Trinajstić information content (AvgIpc) is 2.03. The van der Waals surface area contributed by atoms with Crippen LogP contribution >= 0.6 is 0 Å². The zero-order chi connectivity index (χ0) is 9.84. The van der Waals surface area contributed by atoms with Gasteiger partial charge in [0.2, 0.25) is 5.75 Å². The van der Waals surface area contributed by atoms with Gasteiger partial charge < -0.3 is 14.6 Å². The maximum Gasteiger partial charge on any atom is 0.387 e. The van der Waals surface area contributed by atoms with E-state index in [9.17, 15) is 8.78 Å². The van der Waals surface area contributed by atoms with E-state index >= 15 is 0 Å². The van der Waals surface area contributed by atoms with Crippen molar-refractivity contribution in [1.29, 1.82) is 0 Å². The van der Waals surface area contributed by atoms with Crippen LogP contribution in [0.25, 0.3) is 0 Å². The van der Waals surface area contributed by atoms with Crippen LogP contribution in [-0.4, -0.2) is 18.8 Å². The van der Waals surface area contributed by atoms with Crippen LogP contribution in [0.1, 0.15) is 0 Å². The lowest BCUT2D eigenvalue weighted by molar-refractivity contribution is -0.0513. The number of benzene rings is 1. The summed E-state index contributed by atoms with van der Waals surface area (Å²) in [6, 6.07) is 3.98. The molecule has 0 aliphatic rings. The quantitative estimate of drug-likeness (QED) is 0.792. The predicted octanol–water partition coefficient (Wildman–Crippen LogP) is 2.00. The van der Waals surface area contributed by atoms with Crippen LogP contribution in [-0.2, 0) is 0 Å². The molecule has 13 heavy (non-hydrogen) atoms. The molecule has 1 aromatic carbocycles. The number of ether oxygens (including phenoxy) is 2. The number of phenolic OH excluding ortho intramolecular Hbond substituents is 1. The lowest BCUT2D eigenvalue weighted by Crippen LogP contribution is -2.03. The van der Waals surface area contributed by atoms with Gasteiger partial charge in [-0.1, -0.05) is 6.07 Å². The van der Waals surface area contributed by atoms with Gasteiger partial charge in [-0.15, -0.1) is 0 Å². The Morgan fingerprint density at radius 3 is 2.62 bits per heavy atom. The Bertz CT molecular complexity index is 289. The second-order valence-electron chi connectivity index (χ2n) is 2.19. The summed E-state index contributed by atoms with van der Waals surface area (Å²) in [6.07, 6.45) is 0. The summed E-state index contributed by atoms with van der Waals surface area (Å²) in [5, 5.41) is 9.15. The highest BCUT2D eigenvalue weighted by atomic mass is 19.3. The van der Waals surface area contributed by atoms with Crippen LogP contribution in [0.15, 0.2) is 18.2 Å². The fourth-order valence-corrected chi connectivity index (χ4v) is 0.898. The molecule has 0 heterocycles. The molecule has 72 valence electrons.